The fraction of sp³-hybridized carbons (Fsp3) is 0.263. The van der Waals surface area contributed by atoms with Gasteiger partial charge in [-0.05, 0) is 35.9 Å². The fourth-order valence-electron chi connectivity index (χ4n) is 2.90. The van der Waals surface area contributed by atoms with Crippen LogP contribution in [0.1, 0.15) is 28.4 Å². The largest absolute Gasteiger partial charge is 0.461 e. The van der Waals surface area contributed by atoms with E-state index >= 15 is 0 Å². The minimum Gasteiger partial charge on any atom is -0.461 e. The molecule has 0 aromatic heterocycles. The number of halogens is 1. The summed E-state index contributed by atoms with van der Waals surface area (Å²) in [5, 5.41) is 0. The number of fused-ring (bicyclic) bond motifs is 1. The van der Waals surface area contributed by atoms with E-state index in [1.54, 1.807) is 4.90 Å². The van der Waals surface area contributed by atoms with Gasteiger partial charge in [0, 0.05) is 42.3 Å². The number of carbonyl (C=O) groups is 2. The Hall–Kier alpha value is -2.34. The zero-order chi connectivity index (χ0) is 18.1. The number of rotatable bonds is 4. The van der Waals surface area contributed by atoms with Crippen molar-refractivity contribution in [2.24, 2.45) is 0 Å². The Bertz CT molecular complexity index is 849. The van der Waals surface area contributed by atoms with E-state index in [4.69, 9.17) is 4.74 Å². The second-order valence-corrected chi connectivity index (χ2v) is 7.00. The summed E-state index contributed by atoms with van der Waals surface area (Å²) in [4.78, 5) is 27.8. The maximum Gasteiger partial charge on any atom is 0.302 e. The van der Waals surface area contributed by atoms with E-state index in [1.807, 2.05) is 55.4 Å². The standard InChI is InChI=1S/C19H19BrN2O3/c1-12(23)25-11-16-17(20)5-4-6-18(16)22-10-13-9-14(21(2)3)7-8-15(13)19(22)24/h4-9H,10-11H2,1-3H3. The lowest BCUT2D eigenvalue weighted by atomic mass is 10.1. The Labute approximate surface area is 155 Å². The first-order valence-corrected chi connectivity index (χ1v) is 8.70. The van der Waals surface area contributed by atoms with Gasteiger partial charge in [-0.15, -0.1) is 0 Å². The highest BCUT2D eigenvalue weighted by Crippen LogP contribution is 2.35. The number of amides is 1. The van der Waals surface area contributed by atoms with Crippen LogP contribution in [0, 0.1) is 0 Å². The van der Waals surface area contributed by atoms with Crippen molar-refractivity contribution in [3.63, 3.8) is 0 Å². The summed E-state index contributed by atoms with van der Waals surface area (Å²) in [6.45, 7) is 1.99. The lowest BCUT2D eigenvalue weighted by Gasteiger charge is -2.20. The SMILES string of the molecule is CC(=O)OCc1c(Br)cccc1N1Cc2cc(N(C)C)ccc2C1=O. The van der Waals surface area contributed by atoms with E-state index in [9.17, 15) is 9.59 Å². The highest BCUT2D eigenvalue weighted by Gasteiger charge is 2.30. The number of anilines is 2. The number of hydrogen-bond donors (Lipinski definition) is 0. The predicted molar refractivity (Wildman–Crippen MR) is 101 cm³/mol. The lowest BCUT2D eigenvalue weighted by molar-refractivity contribution is -0.142. The molecule has 0 atom stereocenters. The normalized spacial score (nSPS) is 13.0. The number of ether oxygens (including phenoxy) is 1. The zero-order valence-corrected chi connectivity index (χ0v) is 16.0. The molecule has 5 nitrogen and oxygen atoms in total. The molecular formula is C19H19BrN2O3. The third-order valence-corrected chi connectivity index (χ3v) is 4.96. The van der Waals surface area contributed by atoms with Crippen molar-refractivity contribution in [2.75, 3.05) is 23.9 Å². The first-order valence-electron chi connectivity index (χ1n) is 7.91. The third-order valence-electron chi connectivity index (χ3n) is 4.21. The smallest absolute Gasteiger partial charge is 0.302 e. The zero-order valence-electron chi connectivity index (χ0n) is 14.4. The van der Waals surface area contributed by atoms with Crippen LogP contribution in [-0.2, 0) is 22.7 Å². The summed E-state index contributed by atoms with van der Waals surface area (Å²) in [5.41, 5.74) is 4.30. The summed E-state index contributed by atoms with van der Waals surface area (Å²) < 4.78 is 5.97. The van der Waals surface area contributed by atoms with Crippen LogP contribution in [0.4, 0.5) is 11.4 Å². The van der Waals surface area contributed by atoms with Gasteiger partial charge < -0.3 is 14.5 Å². The molecule has 0 spiro atoms. The van der Waals surface area contributed by atoms with Gasteiger partial charge in [-0.1, -0.05) is 22.0 Å². The Morgan fingerprint density at radius 3 is 2.72 bits per heavy atom. The lowest BCUT2D eigenvalue weighted by Crippen LogP contribution is -2.24. The van der Waals surface area contributed by atoms with Crippen LogP contribution in [0.15, 0.2) is 40.9 Å². The summed E-state index contributed by atoms with van der Waals surface area (Å²) in [5.74, 6) is -0.393. The molecule has 0 N–H and O–H groups in total. The number of esters is 1. The van der Waals surface area contributed by atoms with Gasteiger partial charge in [-0.2, -0.15) is 0 Å². The van der Waals surface area contributed by atoms with Gasteiger partial charge in [0.25, 0.3) is 5.91 Å². The predicted octanol–water partition coefficient (Wildman–Crippen LogP) is 3.74. The molecule has 0 fully saturated rings. The van der Waals surface area contributed by atoms with Gasteiger partial charge in [0.05, 0.1) is 12.2 Å². The molecule has 1 aliphatic heterocycles. The van der Waals surface area contributed by atoms with Crippen molar-refractivity contribution >= 4 is 39.2 Å². The molecule has 2 aromatic carbocycles. The van der Waals surface area contributed by atoms with E-state index in [-0.39, 0.29) is 18.5 Å². The van der Waals surface area contributed by atoms with Crippen molar-refractivity contribution in [1.29, 1.82) is 0 Å². The number of benzene rings is 2. The topological polar surface area (TPSA) is 49.9 Å². The molecular weight excluding hydrogens is 384 g/mol. The molecule has 25 heavy (non-hydrogen) atoms. The van der Waals surface area contributed by atoms with Crippen molar-refractivity contribution in [3.8, 4) is 0 Å². The van der Waals surface area contributed by atoms with Crippen LogP contribution in [0.5, 0.6) is 0 Å². The molecule has 0 bridgehead atoms. The quantitative estimate of drug-likeness (QED) is 0.730. The Balaban J connectivity index is 1.97. The first-order chi connectivity index (χ1) is 11.9. The van der Waals surface area contributed by atoms with Gasteiger partial charge in [0.15, 0.2) is 0 Å². The molecule has 3 rings (SSSR count). The van der Waals surface area contributed by atoms with Gasteiger partial charge in [-0.25, -0.2) is 0 Å². The van der Waals surface area contributed by atoms with E-state index in [0.29, 0.717) is 12.1 Å². The first kappa shape index (κ1) is 17.5. The van der Waals surface area contributed by atoms with Gasteiger partial charge in [0.2, 0.25) is 0 Å². The molecule has 2 aromatic rings. The molecule has 0 unspecified atom stereocenters. The summed E-state index contributed by atoms with van der Waals surface area (Å²) in [6.07, 6.45) is 0. The molecule has 0 radical (unpaired) electrons. The second-order valence-electron chi connectivity index (χ2n) is 6.14. The number of nitrogens with zero attached hydrogens (tertiary/aromatic N) is 2. The van der Waals surface area contributed by atoms with Crippen molar-refractivity contribution < 1.29 is 14.3 Å². The van der Waals surface area contributed by atoms with Gasteiger partial charge >= 0.3 is 5.97 Å². The summed E-state index contributed by atoms with van der Waals surface area (Å²) >= 11 is 3.49. The Kier molecular flexibility index (Phi) is 4.81. The van der Waals surface area contributed by atoms with Crippen LogP contribution < -0.4 is 9.80 Å². The minimum absolute atomic E-state index is 0.0394. The van der Waals surface area contributed by atoms with Gasteiger partial charge in [-0.3, -0.25) is 9.59 Å². The van der Waals surface area contributed by atoms with Crippen molar-refractivity contribution in [2.45, 2.75) is 20.1 Å². The number of carbonyl (C=O) groups excluding carboxylic acids is 2. The molecule has 0 aliphatic carbocycles. The average molecular weight is 403 g/mol. The summed E-state index contributed by atoms with van der Waals surface area (Å²) in [6, 6.07) is 11.5. The highest BCUT2D eigenvalue weighted by molar-refractivity contribution is 9.10. The Morgan fingerprint density at radius 1 is 1.28 bits per heavy atom. The van der Waals surface area contributed by atoms with E-state index < -0.39 is 0 Å². The van der Waals surface area contributed by atoms with E-state index in [1.165, 1.54) is 6.92 Å². The molecule has 6 heteroatoms. The maximum atomic E-state index is 12.9. The second kappa shape index (κ2) is 6.88. The monoisotopic (exact) mass is 402 g/mol. The van der Waals surface area contributed by atoms with Crippen LogP contribution in [0.3, 0.4) is 0 Å². The molecule has 130 valence electrons. The van der Waals surface area contributed by atoms with E-state index in [0.717, 1.165) is 27.0 Å². The Morgan fingerprint density at radius 2 is 2.04 bits per heavy atom. The maximum absolute atomic E-state index is 12.9. The number of hydrogen-bond acceptors (Lipinski definition) is 4. The summed E-state index contributed by atoms with van der Waals surface area (Å²) in [7, 11) is 3.95. The van der Waals surface area contributed by atoms with Crippen LogP contribution in [0.25, 0.3) is 0 Å². The van der Waals surface area contributed by atoms with Crippen LogP contribution in [-0.4, -0.2) is 26.0 Å². The average Bonchev–Trinajstić information content (AvgIpc) is 2.89. The minimum atomic E-state index is -0.353. The van der Waals surface area contributed by atoms with E-state index in [2.05, 4.69) is 15.9 Å². The molecule has 1 amide bonds. The van der Waals surface area contributed by atoms with Crippen LogP contribution >= 0.6 is 15.9 Å². The van der Waals surface area contributed by atoms with Crippen LogP contribution in [0.2, 0.25) is 0 Å². The van der Waals surface area contributed by atoms with Crippen molar-refractivity contribution in [3.05, 3.63) is 57.6 Å². The molecule has 1 aliphatic rings. The molecule has 0 saturated carbocycles. The van der Waals surface area contributed by atoms with Gasteiger partial charge in [0.1, 0.15) is 6.61 Å². The molecule has 0 saturated heterocycles. The fourth-order valence-corrected chi connectivity index (χ4v) is 3.37. The highest BCUT2D eigenvalue weighted by atomic mass is 79.9. The molecule has 1 heterocycles. The third kappa shape index (κ3) is 3.39. The van der Waals surface area contributed by atoms with Crippen molar-refractivity contribution in [1.82, 2.24) is 0 Å².